The van der Waals surface area contributed by atoms with Gasteiger partial charge in [0.1, 0.15) is 0 Å². The Labute approximate surface area is 131 Å². The summed E-state index contributed by atoms with van der Waals surface area (Å²) in [6.45, 7) is 3.03. The topological polar surface area (TPSA) is 3.24 Å². The molecule has 0 aliphatic rings. The first-order chi connectivity index (χ1) is 9.10. The second kappa shape index (κ2) is 6.58. The molecule has 2 aromatic rings. The highest BCUT2D eigenvalue weighted by Crippen LogP contribution is 2.26. The van der Waals surface area contributed by atoms with E-state index in [9.17, 15) is 0 Å². The van der Waals surface area contributed by atoms with Crippen LogP contribution in [0.15, 0.2) is 46.9 Å². The molecule has 0 saturated heterocycles. The van der Waals surface area contributed by atoms with Crippen LogP contribution in [0.2, 0.25) is 0 Å². The van der Waals surface area contributed by atoms with Crippen LogP contribution in [0.4, 0.5) is 5.69 Å². The van der Waals surface area contributed by atoms with E-state index in [4.69, 9.17) is 0 Å². The summed E-state index contributed by atoms with van der Waals surface area (Å²) in [6, 6.07) is 15.1. The van der Waals surface area contributed by atoms with Gasteiger partial charge in [-0.05, 0) is 36.2 Å². The Kier molecular flexibility index (Phi) is 5.06. The van der Waals surface area contributed by atoms with Gasteiger partial charge in [-0.1, -0.05) is 61.7 Å². The molecule has 0 amide bonds. The lowest BCUT2D eigenvalue weighted by molar-refractivity contribution is 0.915. The quantitative estimate of drug-likeness (QED) is 0.649. The van der Waals surface area contributed by atoms with Crippen molar-refractivity contribution in [2.45, 2.75) is 18.8 Å². The molecular formula is C16H17Br2N. The normalized spacial score (nSPS) is 10.5. The van der Waals surface area contributed by atoms with E-state index in [0.29, 0.717) is 0 Å². The van der Waals surface area contributed by atoms with Crippen molar-refractivity contribution in [3.05, 3.63) is 63.6 Å². The monoisotopic (exact) mass is 381 g/mol. The van der Waals surface area contributed by atoms with Crippen molar-refractivity contribution in [2.24, 2.45) is 0 Å². The summed E-state index contributed by atoms with van der Waals surface area (Å²) in [7, 11) is 2.13. The van der Waals surface area contributed by atoms with E-state index in [-0.39, 0.29) is 0 Å². The summed E-state index contributed by atoms with van der Waals surface area (Å²) in [5.41, 5.74) is 5.19. The minimum absolute atomic E-state index is 0.861. The van der Waals surface area contributed by atoms with Gasteiger partial charge in [0.15, 0.2) is 0 Å². The SMILES string of the molecule is Cc1ccc(CN(C)c2ccc(Br)cc2CBr)cc1. The zero-order chi connectivity index (χ0) is 13.8. The molecule has 2 aromatic carbocycles. The molecule has 0 heterocycles. The zero-order valence-electron chi connectivity index (χ0n) is 11.2. The third-order valence-corrected chi connectivity index (χ3v) is 4.23. The van der Waals surface area contributed by atoms with Crippen molar-refractivity contribution < 1.29 is 0 Å². The van der Waals surface area contributed by atoms with Gasteiger partial charge in [-0.3, -0.25) is 0 Å². The standard InChI is InChI=1S/C16H17Br2N/c1-12-3-5-13(6-4-12)11-19(2)16-8-7-15(18)9-14(16)10-17/h3-9H,10-11H2,1-2H3. The van der Waals surface area contributed by atoms with E-state index >= 15 is 0 Å². The molecule has 0 spiro atoms. The molecule has 0 atom stereocenters. The van der Waals surface area contributed by atoms with Gasteiger partial charge < -0.3 is 4.90 Å². The first-order valence-electron chi connectivity index (χ1n) is 6.21. The molecule has 0 unspecified atom stereocenters. The van der Waals surface area contributed by atoms with Gasteiger partial charge in [-0.25, -0.2) is 0 Å². The Morgan fingerprint density at radius 2 is 1.74 bits per heavy atom. The molecule has 100 valence electrons. The highest BCUT2D eigenvalue weighted by atomic mass is 79.9. The predicted octanol–water partition coefficient (Wildman–Crippen LogP) is 5.29. The number of benzene rings is 2. The fourth-order valence-corrected chi connectivity index (χ4v) is 2.94. The Morgan fingerprint density at radius 3 is 2.37 bits per heavy atom. The first-order valence-corrected chi connectivity index (χ1v) is 8.12. The maximum absolute atomic E-state index is 3.56. The number of alkyl halides is 1. The second-order valence-electron chi connectivity index (χ2n) is 4.75. The van der Waals surface area contributed by atoms with Crippen molar-refractivity contribution in [2.75, 3.05) is 11.9 Å². The van der Waals surface area contributed by atoms with Crippen LogP contribution in [0, 0.1) is 6.92 Å². The summed E-state index contributed by atoms with van der Waals surface area (Å²) in [5, 5.41) is 0.861. The molecule has 0 N–H and O–H groups in total. The highest BCUT2D eigenvalue weighted by molar-refractivity contribution is 9.10. The number of hydrogen-bond donors (Lipinski definition) is 0. The summed E-state index contributed by atoms with van der Waals surface area (Å²) in [5.74, 6) is 0. The van der Waals surface area contributed by atoms with Gasteiger partial charge in [0, 0.05) is 29.1 Å². The molecular weight excluding hydrogens is 366 g/mol. The Balaban J connectivity index is 2.19. The number of rotatable bonds is 4. The fraction of sp³-hybridized carbons (Fsp3) is 0.250. The summed E-state index contributed by atoms with van der Waals surface area (Å²) in [6.07, 6.45) is 0. The molecule has 0 fully saturated rings. The third-order valence-electron chi connectivity index (χ3n) is 3.14. The smallest absolute Gasteiger partial charge is 0.0426 e. The minimum atomic E-state index is 0.861. The first kappa shape index (κ1) is 14.6. The van der Waals surface area contributed by atoms with Crippen molar-refractivity contribution in [3.8, 4) is 0 Å². The average molecular weight is 383 g/mol. The molecule has 0 bridgehead atoms. The molecule has 0 aliphatic heterocycles. The molecule has 0 saturated carbocycles. The predicted molar refractivity (Wildman–Crippen MR) is 90.1 cm³/mol. The lowest BCUT2D eigenvalue weighted by Crippen LogP contribution is -2.17. The van der Waals surface area contributed by atoms with Crippen LogP contribution in [-0.4, -0.2) is 7.05 Å². The summed E-state index contributed by atoms with van der Waals surface area (Å²) < 4.78 is 1.12. The zero-order valence-corrected chi connectivity index (χ0v) is 14.3. The molecule has 19 heavy (non-hydrogen) atoms. The Bertz CT molecular complexity index is 549. The fourth-order valence-electron chi connectivity index (χ4n) is 2.09. The molecule has 3 heteroatoms. The average Bonchev–Trinajstić information content (AvgIpc) is 2.41. The van der Waals surface area contributed by atoms with Gasteiger partial charge in [0.05, 0.1) is 0 Å². The number of halogens is 2. The molecule has 0 radical (unpaired) electrons. The second-order valence-corrected chi connectivity index (χ2v) is 6.22. The summed E-state index contributed by atoms with van der Waals surface area (Å²) >= 11 is 7.08. The van der Waals surface area contributed by atoms with Gasteiger partial charge in [0.25, 0.3) is 0 Å². The van der Waals surface area contributed by atoms with E-state index in [1.807, 2.05) is 0 Å². The Hall–Kier alpha value is -0.800. The van der Waals surface area contributed by atoms with Crippen LogP contribution in [-0.2, 0) is 11.9 Å². The minimum Gasteiger partial charge on any atom is -0.370 e. The van der Waals surface area contributed by atoms with E-state index < -0.39 is 0 Å². The number of anilines is 1. The van der Waals surface area contributed by atoms with Gasteiger partial charge in [-0.2, -0.15) is 0 Å². The van der Waals surface area contributed by atoms with Gasteiger partial charge >= 0.3 is 0 Å². The van der Waals surface area contributed by atoms with E-state index in [1.54, 1.807) is 0 Å². The van der Waals surface area contributed by atoms with Crippen LogP contribution >= 0.6 is 31.9 Å². The van der Waals surface area contributed by atoms with Crippen molar-refractivity contribution in [1.29, 1.82) is 0 Å². The molecule has 2 rings (SSSR count). The van der Waals surface area contributed by atoms with Crippen molar-refractivity contribution in [1.82, 2.24) is 0 Å². The third kappa shape index (κ3) is 3.83. The summed E-state index contributed by atoms with van der Waals surface area (Å²) in [4.78, 5) is 2.29. The van der Waals surface area contributed by atoms with Crippen LogP contribution in [0.5, 0.6) is 0 Å². The van der Waals surface area contributed by atoms with Gasteiger partial charge in [0.2, 0.25) is 0 Å². The van der Waals surface area contributed by atoms with Crippen molar-refractivity contribution in [3.63, 3.8) is 0 Å². The van der Waals surface area contributed by atoms with E-state index in [1.165, 1.54) is 22.4 Å². The largest absolute Gasteiger partial charge is 0.370 e. The number of nitrogens with zero attached hydrogens (tertiary/aromatic N) is 1. The molecule has 1 nitrogen and oxygen atoms in total. The van der Waals surface area contributed by atoms with Crippen LogP contribution < -0.4 is 4.90 Å². The van der Waals surface area contributed by atoms with Crippen molar-refractivity contribution >= 4 is 37.5 Å². The van der Waals surface area contributed by atoms with Crippen LogP contribution in [0.25, 0.3) is 0 Å². The lowest BCUT2D eigenvalue weighted by Gasteiger charge is -2.22. The van der Waals surface area contributed by atoms with Crippen LogP contribution in [0.3, 0.4) is 0 Å². The number of hydrogen-bond acceptors (Lipinski definition) is 1. The van der Waals surface area contributed by atoms with Gasteiger partial charge in [-0.15, -0.1) is 0 Å². The maximum atomic E-state index is 3.56. The maximum Gasteiger partial charge on any atom is 0.0426 e. The number of aryl methyl sites for hydroxylation is 1. The van der Waals surface area contributed by atoms with E-state index in [2.05, 4.69) is 93.2 Å². The van der Waals surface area contributed by atoms with E-state index in [0.717, 1.165) is 16.3 Å². The molecule has 0 aromatic heterocycles. The Morgan fingerprint density at radius 1 is 1.05 bits per heavy atom. The molecule has 0 aliphatic carbocycles. The van der Waals surface area contributed by atoms with Crippen LogP contribution in [0.1, 0.15) is 16.7 Å². The highest BCUT2D eigenvalue weighted by Gasteiger charge is 2.08. The lowest BCUT2D eigenvalue weighted by atomic mass is 10.1.